The molecular formula is C42H46N2O12. The van der Waals surface area contributed by atoms with Crippen molar-refractivity contribution in [2.45, 2.75) is 88.0 Å². The summed E-state index contributed by atoms with van der Waals surface area (Å²) in [6, 6.07) is 10.4. The maximum atomic E-state index is 13.4. The lowest BCUT2D eigenvalue weighted by Gasteiger charge is -2.46. The third-order valence-electron chi connectivity index (χ3n) is 11.9. The molecule has 8 rings (SSSR count). The van der Waals surface area contributed by atoms with Crippen LogP contribution in [0.2, 0.25) is 0 Å². The summed E-state index contributed by atoms with van der Waals surface area (Å²) in [6.45, 7) is 2.57. The number of aryl methyl sites for hydroxylation is 1. The number of benzene rings is 3. The minimum atomic E-state index is -2.35. The highest BCUT2D eigenvalue weighted by atomic mass is 17.2. The Balaban J connectivity index is 1.15. The standard InChI is InChI=1S/C42H46N2O12/c1-22-13-33(48)30-14-25-15-35(41(2,26-5-3-4-6-26)55-38(25)36(39(30)54-22)44-18-24-11-12-43-31(24)19-44)56-53-21-42(52,40(51)37(50)34(49)20-45)17-23-7-10-32(47)28-9-8-27(46)16-29(23)28/h7-14,16,19,26,34-35,37,40,45-47,49-52H,3-6,15,17-18,20-21H2,1-2H3. The second-order valence-corrected chi connectivity index (χ2v) is 15.7. The Kier molecular flexibility index (Phi) is 9.94. The molecule has 3 aliphatic heterocycles. The molecule has 296 valence electrons. The van der Waals surface area contributed by atoms with Crippen molar-refractivity contribution in [2.75, 3.05) is 24.7 Å². The predicted octanol–water partition coefficient (Wildman–Crippen LogP) is 3.59. The summed E-state index contributed by atoms with van der Waals surface area (Å²) in [5, 5.41) is 76.0. The van der Waals surface area contributed by atoms with Crippen LogP contribution in [-0.4, -0.2) is 97.3 Å². The number of phenols is 2. The molecule has 14 nitrogen and oxygen atoms in total. The van der Waals surface area contributed by atoms with Gasteiger partial charge in [-0.3, -0.25) is 9.79 Å². The Morgan fingerprint density at radius 1 is 1.05 bits per heavy atom. The van der Waals surface area contributed by atoms with E-state index >= 15 is 0 Å². The molecule has 6 atom stereocenters. The minimum Gasteiger partial charge on any atom is -0.508 e. The Morgan fingerprint density at radius 2 is 1.84 bits per heavy atom. The number of hydrogen-bond acceptors (Lipinski definition) is 14. The quantitative estimate of drug-likeness (QED) is 0.0812. The van der Waals surface area contributed by atoms with Crippen LogP contribution in [0.4, 0.5) is 5.69 Å². The fourth-order valence-electron chi connectivity index (χ4n) is 8.72. The van der Waals surface area contributed by atoms with Gasteiger partial charge in [-0.05, 0) is 74.0 Å². The predicted molar refractivity (Wildman–Crippen MR) is 206 cm³/mol. The molecule has 0 spiro atoms. The average molecular weight is 771 g/mol. The first-order valence-electron chi connectivity index (χ1n) is 18.9. The normalized spacial score (nSPS) is 23.4. The van der Waals surface area contributed by atoms with Crippen LogP contribution >= 0.6 is 0 Å². The van der Waals surface area contributed by atoms with Gasteiger partial charge in [-0.25, -0.2) is 9.78 Å². The van der Waals surface area contributed by atoms with E-state index < -0.39 is 55.3 Å². The first-order chi connectivity index (χ1) is 26.8. The molecule has 0 bridgehead atoms. The number of hydrogen-bond donors (Lipinski definition) is 7. The van der Waals surface area contributed by atoms with E-state index in [2.05, 4.69) is 4.99 Å². The number of aliphatic hydroxyl groups is 5. The molecule has 1 fully saturated rings. The minimum absolute atomic E-state index is 0.0305. The number of aliphatic hydroxyl groups excluding tert-OH is 4. The number of fused-ring (bicyclic) bond motifs is 4. The second-order valence-electron chi connectivity index (χ2n) is 15.7. The number of anilines is 1. The molecule has 0 saturated heterocycles. The van der Waals surface area contributed by atoms with Crippen LogP contribution in [0.5, 0.6) is 17.2 Å². The van der Waals surface area contributed by atoms with Crippen LogP contribution in [0.3, 0.4) is 0 Å². The van der Waals surface area contributed by atoms with Gasteiger partial charge in [-0.2, -0.15) is 0 Å². The van der Waals surface area contributed by atoms with Gasteiger partial charge in [0.25, 0.3) is 0 Å². The zero-order chi connectivity index (χ0) is 39.5. The van der Waals surface area contributed by atoms with Crippen molar-refractivity contribution in [2.24, 2.45) is 10.9 Å². The third kappa shape index (κ3) is 6.64. The van der Waals surface area contributed by atoms with Gasteiger partial charge in [0.05, 0.1) is 24.2 Å². The zero-order valence-electron chi connectivity index (χ0n) is 31.1. The van der Waals surface area contributed by atoms with Gasteiger partial charge in [0.2, 0.25) is 0 Å². The van der Waals surface area contributed by atoms with Gasteiger partial charge in [0.15, 0.2) is 16.8 Å². The smallest absolute Gasteiger partial charge is 0.193 e. The summed E-state index contributed by atoms with van der Waals surface area (Å²) in [6.07, 6.45) is 2.49. The van der Waals surface area contributed by atoms with Crippen LogP contribution in [0.25, 0.3) is 21.7 Å². The van der Waals surface area contributed by atoms with Gasteiger partial charge in [-0.15, -0.1) is 0 Å². The van der Waals surface area contributed by atoms with E-state index in [1.807, 2.05) is 24.1 Å². The highest BCUT2D eigenvalue weighted by molar-refractivity contribution is 5.96. The van der Waals surface area contributed by atoms with E-state index in [0.717, 1.165) is 37.0 Å². The summed E-state index contributed by atoms with van der Waals surface area (Å²) in [5.74, 6) is 0.859. The Labute approximate surface area is 321 Å². The fraction of sp³-hybridized carbons (Fsp3) is 0.429. The van der Waals surface area contributed by atoms with Crippen LogP contribution in [0.15, 0.2) is 80.2 Å². The number of phenolic OH excluding ortho intramolecular Hbond substituents is 2. The van der Waals surface area contributed by atoms with Gasteiger partial charge < -0.3 is 49.8 Å². The number of ether oxygens (including phenoxy) is 1. The van der Waals surface area contributed by atoms with E-state index in [9.17, 15) is 40.5 Å². The summed E-state index contributed by atoms with van der Waals surface area (Å²) >= 11 is 0. The third-order valence-corrected chi connectivity index (χ3v) is 11.9. The fourth-order valence-corrected chi connectivity index (χ4v) is 8.72. The molecule has 4 heterocycles. The van der Waals surface area contributed by atoms with Crippen LogP contribution in [0.1, 0.15) is 49.5 Å². The maximum Gasteiger partial charge on any atom is 0.193 e. The van der Waals surface area contributed by atoms with Gasteiger partial charge >= 0.3 is 0 Å². The SMILES string of the molecule is Cc1cc(=O)c2cc3c(c(N4C=C5N=CC=C5C4)c2o1)OC(C)(C1CCCC1)C(OOCC(O)(Cc1ccc(O)c2ccc(O)cc12)C(O)C(O)C(O)CO)C3. The summed E-state index contributed by atoms with van der Waals surface area (Å²) < 4.78 is 13.3. The molecule has 14 heteroatoms. The largest absolute Gasteiger partial charge is 0.508 e. The molecule has 4 aromatic rings. The lowest BCUT2D eigenvalue weighted by Crippen LogP contribution is -2.58. The molecule has 6 unspecified atom stereocenters. The van der Waals surface area contributed by atoms with Crippen molar-refractivity contribution in [3.05, 3.63) is 93.1 Å². The van der Waals surface area contributed by atoms with E-state index in [4.69, 9.17) is 18.9 Å². The van der Waals surface area contributed by atoms with Crippen molar-refractivity contribution in [1.29, 1.82) is 0 Å². The van der Waals surface area contributed by atoms with E-state index in [-0.39, 0.29) is 29.3 Å². The molecule has 56 heavy (non-hydrogen) atoms. The second kappa shape index (κ2) is 14.6. The number of allylic oxidation sites excluding steroid dienone is 1. The van der Waals surface area contributed by atoms with Crippen molar-refractivity contribution < 1.29 is 54.7 Å². The van der Waals surface area contributed by atoms with E-state index in [1.165, 1.54) is 36.4 Å². The zero-order valence-corrected chi connectivity index (χ0v) is 31.1. The molecule has 4 aliphatic rings. The van der Waals surface area contributed by atoms with Crippen molar-refractivity contribution in [1.82, 2.24) is 0 Å². The number of aliphatic imine (C=N–C) groups is 1. The Morgan fingerprint density at radius 3 is 2.59 bits per heavy atom. The first-order valence-corrected chi connectivity index (χ1v) is 18.9. The number of nitrogens with zero attached hydrogens (tertiary/aromatic N) is 2. The van der Waals surface area contributed by atoms with Crippen LogP contribution in [-0.2, 0) is 22.6 Å². The molecule has 0 amide bonds. The van der Waals surface area contributed by atoms with Gasteiger partial charge in [0, 0.05) is 53.8 Å². The summed E-state index contributed by atoms with van der Waals surface area (Å²) in [7, 11) is 0. The van der Waals surface area contributed by atoms with E-state index in [0.29, 0.717) is 56.6 Å². The molecule has 1 aromatic heterocycles. The molecule has 3 aromatic carbocycles. The lowest BCUT2D eigenvalue weighted by atomic mass is 9.78. The van der Waals surface area contributed by atoms with Crippen molar-refractivity contribution >= 4 is 33.6 Å². The van der Waals surface area contributed by atoms with Crippen molar-refractivity contribution in [3.8, 4) is 17.2 Å². The first kappa shape index (κ1) is 38.1. The van der Waals surface area contributed by atoms with Crippen LogP contribution in [0, 0.1) is 12.8 Å². The number of aromatic hydroxyl groups is 2. The highest BCUT2D eigenvalue weighted by Crippen LogP contribution is 2.51. The average Bonchev–Trinajstić information content (AvgIpc) is 3.95. The number of rotatable bonds is 12. The lowest BCUT2D eigenvalue weighted by molar-refractivity contribution is -0.374. The maximum absolute atomic E-state index is 13.4. The summed E-state index contributed by atoms with van der Waals surface area (Å²) in [4.78, 5) is 32.0. The highest BCUT2D eigenvalue weighted by Gasteiger charge is 2.51. The van der Waals surface area contributed by atoms with Gasteiger partial charge in [0.1, 0.15) is 65.2 Å². The molecule has 1 aliphatic carbocycles. The van der Waals surface area contributed by atoms with Crippen LogP contribution < -0.4 is 15.1 Å². The summed E-state index contributed by atoms with van der Waals surface area (Å²) in [5.41, 5.74) is 0.353. The monoisotopic (exact) mass is 770 g/mol. The molecule has 7 N–H and O–H groups in total. The molecule has 1 saturated carbocycles. The molecular weight excluding hydrogens is 724 g/mol. The Bertz CT molecular complexity index is 2330. The topological polar surface area (TPSA) is 215 Å². The van der Waals surface area contributed by atoms with Gasteiger partial charge in [-0.1, -0.05) is 18.9 Å². The Hall–Kier alpha value is -4.80. The van der Waals surface area contributed by atoms with E-state index in [1.54, 1.807) is 19.2 Å². The van der Waals surface area contributed by atoms with Crippen molar-refractivity contribution in [3.63, 3.8) is 0 Å². The molecule has 0 radical (unpaired) electrons.